The number of alkyl halides is 3. The monoisotopic (exact) mass is 379 g/mol. The van der Waals surface area contributed by atoms with Crippen LogP contribution in [0, 0.1) is 11.3 Å². The first-order valence-corrected chi connectivity index (χ1v) is 7.74. The molecule has 2 rings (SSSR count). The maximum Gasteiger partial charge on any atom is 0.416 e. The van der Waals surface area contributed by atoms with Gasteiger partial charge >= 0.3 is 6.18 Å². The zero-order valence-corrected chi connectivity index (χ0v) is 14.0. The van der Waals surface area contributed by atoms with E-state index < -0.39 is 17.6 Å². The molecule has 2 aromatic rings. The minimum atomic E-state index is -4.43. The fraction of sp³-hybridized carbons (Fsp3) is 0.111. The molecule has 0 atom stereocenters. The number of hydrogen-bond acceptors (Lipinski definition) is 3. The Kier molecular flexibility index (Phi) is 6.26. The summed E-state index contributed by atoms with van der Waals surface area (Å²) in [6.45, 7) is 0.137. The molecule has 0 saturated heterocycles. The lowest BCUT2D eigenvalue weighted by atomic mass is 10.2. The van der Waals surface area contributed by atoms with E-state index in [0.717, 1.165) is 18.3 Å². The zero-order valence-electron chi connectivity index (χ0n) is 13.3. The molecule has 0 bridgehead atoms. The Morgan fingerprint density at radius 1 is 1.15 bits per heavy atom. The molecule has 1 amide bonds. The lowest BCUT2D eigenvalue weighted by Crippen LogP contribution is -2.24. The van der Waals surface area contributed by atoms with E-state index in [1.165, 1.54) is 12.1 Å². The highest BCUT2D eigenvalue weighted by atomic mass is 35.5. The lowest BCUT2D eigenvalue weighted by molar-refractivity contribution is -0.137. The Morgan fingerprint density at radius 2 is 1.81 bits per heavy atom. The smallest absolute Gasteiger partial charge is 0.360 e. The van der Waals surface area contributed by atoms with Gasteiger partial charge in [0.1, 0.15) is 11.6 Å². The maximum atomic E-state index is 12.5. The Labute approximate surface area is 152 Å². The molecule has 0 aliphatic carbocycles. The van der Waals surface area contributed by atoms with Crippen LogP contribution in [0.15, 0.2) is 60.3 Å². The summed E-state index contributed by atoms with van der Waals surface area (Å²) in [6, 6.07) is 12.9. The van der Waals surface area contributed by atoms with Crippen molar-refractivity contribution in [2.24, 2.45) is 0 Å². The van der Waals surface area contributed by atoms with Crippen LogP contribution in [0.1, 0.15) is 11.1 Å². The van der Waals surface area contributed by atoms with E-state index in [-0.39, 0.29) is 12.1 Å². The van der Waals surface area contributed by atoms with Crippen LogP contribution in [0.2, 0.25) is 5.02 Å². The van der Waals surface area contributed by atoms with Gasteiger partial charge in [-0.25, -0.2) is 0 Å². The van der Waals surface area contributed by atoms with Gasteiger partial charge in [0.05, 0.1) is 5.56 Å². The highest BCUT2D eigenvalue weighted by Crippen LogP contribution is 2.29. The standard InChI is InChI=1S/C18H13ClF3N3O/c19-16-4-2-1-3-12(16)10-25-17(26)13(9-23)11-24-15-7-5-14(6-8-15)18(20,21)22/h1-8,11,24H,10H2,(H,25,26)/b13-11-. The van der Waals surface area contributed by atoms with Gasteiger partial charge < -0.3 is 10.6 Å². The number of rotatable bonds is 5. The molecule has 0 aliphatic rings. The quantitative estimate of drug-likeness (QED) is 0.594. The van der Waals surface area contributed by atoms with Gasteiger partial charge in [-0.15, -0.1) is 0 Å². The van der Waals surface area contributed by atoms with E-state index in [9.17, 15) is 18.0 Å². The van der Waals surface area contributed by atoms with Crippen molar-refractivity contribution in [3.05, 3.63) is 76.5 Å². The van der Waals surface area contributed by atoms with Gasteiger partial charge in [-0.3, -0.25) is 4.79 Å². The zero-order chi connectivity index (χ0) is 19.2. The third-order valence-electron chi connectivity index (χ3n) is 3.36. The number of benzene rings is 2. The fourth-order valence-electron chi connectivity index (χ4n) is 1.97. The molecule has 2 N–H and O–H groups in total. The Hall–Kier alpha value is -2.98. The third-order valence-corrected chi connectivity index (χ3v) is 3.73. The molecule has 0 aliphatic heterocycles. The van der Waals surface area contributed by atoms with Crippen LogP contribution >= 0.6 is 11.6 Å². The molecule has 0 aromatic heterocycles. The molecule has 134 valence electrons. The third kappa shape index (κ3) is 5.26. The maximum absolute atomic E-state index is 12.5. The van der Waals surface area contributed by atoms with Crippen LogP contribution in [0.4, 0.5) is 18.9 Å². The molecule has 4 nitrogen and oxygen atoms in total. The predicted molar refractivity (Wildman–Crippen MR) is 92.1 cm³/mol. The first kappa shape index (κ1) is 19.3. The molecule has 0 unspecified atom stereocenters. The predicted octanol–water partition coefficient (Wildman–Crippen LogP) is 4.49. The molecular weight excluding hydrogens is 367 g/mol. The summed E-state index contributed by atoms with van der Waals surface area (Å²) in [5.74, 6) is -0.633. The molecule has 0 saturated carbocycles. The molecule has 0 fully saturated rings. The number of nitrogens with zero attached hydrogens (tertiary/aromatic N) is 1. The van der Waals surface area contributed by atoms with Gasteiger partial charge in [0.25, 0.3) is 5.91 Å². The Bertz CT molecular complexity index is 855. The van der Waals surface area contributed by atoms with Crippen molar-refractivity contribution >= 4 is 23.2 Å². The van der Waals surface area contributed by atoms with Gasteiger partial charge in [0.15, 0.2) is 0 Å². The second-order valence-electron chi connectivity index (χ2n) is 5.16. The first-order chi connectivity index (χ1) is 12.3. The number of halogens is 4. The second-order valence-corrected chi connectivity index (χ2v) is 5.57. The molecular formula is C18H13ClF3N3O. The van der Waals surface area contributed by atoms with E-state index in [2.05, 4.69) is 10.6 Å². The highest BCUT2D eigenvalue weighted by Gasteiger charge is 2.29. The van der Waals surface area contributed by atoms with Crippen molar-refractivity contribution in [3.8, 4) is 6.07 Å². The van der Waals surface area contributed by atoms with Crippen LogP contribution in [0.3, 0.4) is 0 Å². The summed E-state index contributed by atoms with van der Waals surface area (Å²) >= 11 is 5.98. The van der Waals surface area contributed by atoms with E-state index in [0.29, 0.717) is 16.3 Å². The number of anilines is 1. The molecule has 8 heteroatoms. The van der Waals surface area contributed by atoms with E-state index in [4.69, 9.17) is 16.9 Å². The Morgan fingerprint density at radius 3 is 2.38 bits per heavy atom. The van der Waals surface area contributed by atoms with E-state index in [1.807, 2.05) is 0 Å². The molecule has 26 heavy (non-hydrogen) atoms. The normalized spacial score (nSPS) is 11.6. The molecule has 0 spiro atoms. The van der Waals surface area contributed by atoms with Crippen LogP contribution < -0.4 is 10.6 Å². The van der Waals surface area contributed by atoms with Crippen molar-refractivity contribution in [1.29, 1.82) is 5.26 Å². The summed E-state index contributed by atoms with van der Waals surface area (Å²) in [5, 5.41) is 14.7. The molecule has 0 radical (unpaired) electrons. The van der Waals surface area contributed by atoms with Crippen LogP contribution in [-0.2, 0) is 17.5 Å². The van der Waals surface area contributed by atoms with Crippen molar-refractivity contribution in [2.75, 3.05) is 5.32 Å². The molecule has 0 heterocycles. The van der Waals surface area contributed by atoms with Gasteiger partial charge in [-0.2, -0.15) is 18.4 Å². The minimum absolute atomic E-state index is 0.137. The van der Waals surface area contributed by atoms with Crippen molar-refractivity contribution in [2.45, 2.75) is 12.7 Å². The largest absolute Gasteiger partial charge is 0.416 e. The summed E-state index contributed by atoms with van der Waals surface area (Å²) in [7, 11) is 0. The van der Waals surface area contributed by atoms with Crippen molar-refractivity contribution in [1.82, 2.24) is 5.32 Å². The van der Waals surface area contributed by atoms with Gasteiger partial charge in [0.2, 0.25) is 0 Å². The number of amides is 1. The SMILES string of the molecule is N#C/C(=C/Nc1ccc(C(F)(F)F)cc1)C(=O)NCc1ccccc1Cl. The van der Waals surface area contributed by atoms with Gasteiger partial charge in [-0.05, 0) is 35.9 Å². The summed E-state index contributed by atoms with van der Waals surface area (Å²) in [4.78, 5) is 12.0. The summed E-state index contributed by atoms with van der Waals surface area (Å²) in [6.07, 6.45) is -3.30. The highest BCUT2D eigenvalue weighted by molar-refractivity contribution is 6.31. The molecule has 2 aromatic carbocycles. The van der Waals surface area contributed by atoms with Gasteiger partial charge in [-0.1, -0.05) is 29.8 Å². The number of carbonyl (C=O) groups excluding carboxylic acids is 1. The number of nitriles is 1. The second kappa shape index (κ2) is 8.41. The first-order valence-electron chi connectivity index (χ1n) is 7.37. The summed E-state index contributed by atoms with van der Waals surface area (Å²) in [5.41, 5.74) is -0.0119. The average Bonchev–Trinajstić information content (AvgIpc) is 2.61. The Balaban J connectivity index is 2.00. The lowest BCUT2D eigenvalue weighted by Gasteiger charge is -2.08. The average molecular weight is 380 g/mol. The van der Waals surface area contributed by atoms with Crippen LogP contribution in [0.5, 0.6) is 0 Å². The number of hydrogen-bond donors (Lipinski definition) is 2. The van der Waals surface area contributed by atoms with Crippen LogP contribution in [0.25, 0.3) is 0 Å². The van der Waals surface area contributed by atoms with Crippen molar-refractivity contribution < 1.29 is 18.0 Å². The summed E-state index contributed by atoms with van der Waals surface area (Å²) < 4.78 is 37.5. The number of carbonyl (C=O) groups is 1. The van der Waals surface area contributed by atoms with E-state index >= 15 is 0 Å². The number of nitrogens with one attached hydrogen (secondary N) is 2. The van der Waals surface area contributed by atoms with Crippen LogP contribution in [-0.4, -0.2) is 5.91 Å². The fourth-order valence-corrected chi connectivity index (χ4v) is 2.17. The van der Waals surface area contributed by atoms with E-state index in [1.54, 1.807) is 30.3 Å². The minimum Gasteiger partial charge on any atom is -0.360 e. The van der Waals surface area contributed by atoms with Crippen molar-refractivity contribution in [3.63, 3.8) is 0 Å². The topological polar surface area (TPSA) is 64.9 Å². The van der Waals surface area contributed by atoms with Gasteiger partial charge in [0, 0.05) is 23.5 Å².